The number of benzene rings is 1. The average molecular weight is 501 g/mol. The number of pyridine rings is 1. The number of aliphatic hydroxyl groups is 1. The Balaban J connectivity index is 1.90. The maximum absolute atomic E-state index is 13.3. The minimum atomic E-state index is -0.806. The number of Topliss-reactive ketones (excluding diaryl/α,β-unsaturated/α-hetero) is 1. The molecule has 4 rings (SSSR count). The maximum Gasteiger partial charge on any atom is 0.295 e. The highest BCUT2D eigenvalue weighted by Gasteiger charge is 2.46. The van der Waals surface area contributed by atoms with E-state index in [1.54, 1.807) is 35.7 Å². The molecule has 1 saturated heterocycles. The topological polar surface area (TPSA) is 78.2 Å². The van der Waals surface area contributed by atoms with Crippen molar-refractivity contribution in [2.45, 2.75) is 26.8 Å². The van der Waals surface area contributed by atoms with E-state index in [0.29, 0.717) is 45.7 Å². The fraction of sp³-hybridized carbons (Fsp3) is 0.320. The third kappa shape index (κ3) is 4.19. The van der Waals surface area contributed by atoms with Gasteiger partial charge in [-0.2, -0.15) is 0 Å². The van der Waals surface area contributed by atoms with Gasteiger partial charge in [0.2, 0.25) is 0 Å². The number of hydrogen-bond acceptors (Lipinski definition) is 5. The fourth-order valence-electron chi connectivity index (χ4n) is 4.46. The van der Waals surface area contributed by atoms with Crippen LogP contribution in [0.4, 0.5) is 0 Å². The van der Waals surface area contributed by atoms with Crippen molar-refractivity contribution in [1.29, 1.82) is 0 Å². The molecule has 3 heterocycles. The van der Waals surface area contributed by atoms with Crippen LogP contribution in [0.3, 0.4) is 0 Å². The Bertz CT molecular complexity index is 1300. The highest BCUT2D eigenvalue weighted by Crippen LogP contribution is 2.41. The molecule has 1 aliphatic rings. The summed E-state index contributed by atoms with van der Waals surface area (Å²) in [6.07, 6.45) is 1.76. The second-order valence-corrected chi connectivity index (χ2v) is 8.98. The van der Waals surface area contributed by atoms with Crippen LogP contribution in [0.25, 0.3) is 11.4 Å². The Labute approximate surface area is 208 Å². The molecule has 1 atom stereocenters. The number of carbonyl (C=O) groups is 2. The number of nitrogens with zero attached hydrogens (tertiary/aromatic N) is 4. The van der Waals surface area contributed by atoms with Gasteiger partial charge in [-0.25, -0.2) is 4.98 Å². The third-order valence-electron chi connectivity index (χ3n) is 6.28. The van der Waals surface area contributed by atoms with E-state index in [1.165, 1.54) is 4.90 Å². The van der Waals surface area contributed by atoms with Gasteiger partial charge < -0.3 is 14.9 Å². The molecule has 178 valence electrons. The minimum Gasteiger partial charge on any atom is -0.505 e. The first-order valence-corrected chi connectivity index (χ1v) is 11.9. The van der Waals surface area contributed by atoms with E-state index in [2.05, 4.69) is 9.88 Å². The van der Waals surface area contributed by atoms with Gasteiger partial charge >= 0.3 is 0 Å². The molecule has 1 unspecified atom stereocenters. The number of halogens is 2. The van der Waals surface area contributed by atoms with Gasteiger partial charge in [0.05, 0.1) is 27.4 Å². The summed E-state index contributed by atoms with van der Waals surface area (Å²) < 4.78 is 1.71. The second kappa shape index (κ2) is 9.78. The Morgan fingerprint density at radius 1 is 1.12 bits per heavy atom. The number of likely N-dealkylation sites (tertiary alicyclic amines) is 1. The monoisotopic (exact) mass is 500 g/mol. The minimum absolute atomic E-state index is 0.0108. The van der Waals surface area contributed by atoms with Gasteiger partial charge in [-0.3, -0.25) is 14.0 Å². The van der Waals surface area contributed by atoms with Crippen LogP contribution in [0.5, 0.6) is 0 Å². The molecule has 34 heavy (non-hydrogen) atoms. The number of aliphatic hydroxyl groups excluding tert-OH is 1. The van der Waals surface area contributed by atoms with E-state index in [1.807, 2.05) is 32.0 Å². The lowest BCUT2D eigenvalue weighted by Gasteiger charge is -2.28. The lowest BCUT2D eigenvalue weighted by molar-refractivity contribution is -0.140. The van der Waals surface area contributed by atoms with Gasteiger partial charge in [-0.1, -0.05) is 49.2 Å². The van der Waals surface area contributed by atoms with Crippen molar-refractivity contribution in [3.8, 4) is 0 Å². The first kappa shape index (κ1) is 24.3. The largest absolute Gasteiger partial charge is 0.505 e. The first-order chi connectivity index (χ1) is 16.3. The Hall–Kier alpha value is -2.87. The maximum atomic E-state index is 13.3. The number of amides is 1. The zero-order valence-electron chi connectivity index (χ0n) is 19.3. The highest BCUT2D eigenvalue weighted by molar-refractivity contribution is 6.46. The molecule has 0 spiro atoms. The van der Waals surface area contributed by atoms with Crippen LogP contribution in [0.2, 0.25) is 10.0 Å². The SMILES string of the molecule is CCN(CC)CCN1C(=O)C(=O)C(=C(O)c2c(C)nc3ccccn23)C1c1ccc(Cl)c(Cl)c1. The average Bonchev–Trinajstić information content (AvgIpc) is 3.29. The molecule has 1 N–H and O–H groups in total. The predicted octanol–water partition coefficient (Wildman–Crippen LogP) is 4.71. The number of carbonyl (C=O) groups excluding carboxylic acids is 2. The molecular weight excluding hydrogens is 475 g/mol. The molecule has 1 amide bonds. The zero-order chi connectivity index (χ0) is 24.6. The molecule has 7 nitrogen and oxygen atoms in total. The van der Waals surface area contributed by atoms with Crippen molar-refractivity contribution in [2.24, 2.45) is 0 Å². The lowest BCUT2D eigenvalue weighted by atomic mass is 9.96. The summed E-state index contributed by atoms with van der Waals surface area (Å²) >= 11 is 12.4. The molecule has 1 fully saturated rings. The number of aryl methyl sites for hydroxylation is 1. The van der Waals surface area contributed by atoms with Crippen LogP contribution in [0.1, 0.15) is 36.8 Å². The molecule has 0 radical (unpaired) electrons. The number of aromatic nitrogens is 2. The van der Waals surface area contributed by atoms with Crippen LogP contribution >= 0.6 is 23.2 Å². The number of ketones is 1. The standard InChI is InChI=1S/C25H26Cl2N4O3/c1-4-29(5-2)12-13-31-22(16-9-10-17(26)18(27)14-16)20(24(33)25(31)34)23(32)21-15(3)28-19-8-6-7-11-30(19)21/h6-11,14,22,32H,4-5,12-13H2,1-3H3. The highest BCUT2D eigenvalue weighted by atomic mass is 35.5. The van der Waals surface area contributed by atoms with Gasteiger partial charge in [-0.05, 0) is 49.8 Å². The quantitative estimate of drug-likeness (QED) is 0.288. The van der Waals surface area contributed by atoms with Gasteiger partial charge in [0.25, 0.3) is 11.7 Å². The predicted molar refractivity (Wildman–Crippen MR) is 133 cm³/mol. The molecule has 9 heteroatoms. The molecule has 0 saturated carbocycles. The summed E-state index contributed by atoms with van der Waals surface area (Å²) in [6, 6.07) is 9.64. The number of fused-ring (bicyclic) bond motifs is 1. The van der Waals surface area contributed by atoms with Crippen molar-refractivity contribution < 1.29 is 14.7 Å². The van der Waals surface area contributed by atoms with Crippen molar-refractivity contribution >= 4 is 46.3 Å². The number of rotatable bonds is 7. The van der Waals surface area contributed by atoms with E-state index in [4.69, 9.17) is 23.2 Å². The Morgan fingerprint density at radius 3 is 2.53 bits per heavy atom. The van der Waals surface area contributed by atoms with Crippen molar-refractivity contribution in [3.63, 3.8) is 0 Å². The molecule has 0 aliphatic carbocycles. The number of imidazole rings is 1. The van der Waals surface area contributed by atoms with Crippen LogP contribution < -0.4 is 0 Å². The summed E-state index contributed by atoms with van der Waals surface area (Å²) in [5.74, 6) is -1.66. The smallest absolute Gasteiger partial charge is 0.295 e. The van der Waals surface area contributed by atoms with E-state index in [0.717, 1.165) is 13.1 Å². The molecular formula is C25H26Cl2N4O3. The van der Waals surface area contributed by atoms with Gasteiger partial charge in [0.15, 0.2) is 5.76 Å². The van der Waals surface area contributed by atoms with Crippen LogP contribution in [-0.2, 0) is 9.59 Å². The molecule has 3 aromatic rings. The molecule has 0 bridgehead atoms. The van der Waals surface area contributed by atoms with E-state index in [-0.39, 0.29) is 11.3 Å². The van der Waals surface area contributed by atoms with Gasteiger partial charge in [0, 0.05) is 19.3 Å². The normalized spacial score (nSPS) is 17.9. The summed E-state index contributed by atoms with van der Waals surface area (Å²) in [5, 5.41) is 12.1. The molecule has 1 aromatic carbocycles. The van der Waals surface area contributed by atoms with Gasteiger partial charge in [0.1, 0.15) is 11.3 Å². The first-order valence-electron chi connectivity index (χ1n) is 11.2. The Kier molecular flexibility index (Phi) is 6.98. The van der Waals surface area contributed by atoms with Crippen LogP contribution in [0, 0.1) is 6.92 Å². The number of hydrogen-bond donors (Lipinski definition) is 1. The summed E-state index contributed by atoms with van der Waals surface area (Å²) in [4.78, 5) is 34.7. The van der Waals surface area contributed by atoms with Crippen molar-refractivity contribution in [2.75, 3.05) is 26.2 Å². The lowest BCUT2D eigenvalue weighted by Crippen LogP contribution is -2.38. The molecule has 2 aromatic heterocycles. The summed E-state index contributed by atoms with van der Waals surface area (Å²) in [5.41, 5.74) is 2.16. The molecule has 1 aliphatic heterocycles. The van der Waals surface area contributed by atoms with E-state index < -0.39 is 17.7 Å². The van der Waals surface area contributed by atoms with Crippen molar-refractivity contribution in [1.82, 2.24) is 19.2 Å². The van der Waals surface area contributed by atoms with E-state index >= 15 is 0 Å². The van der Waals surface area contributed by atoms with Crippen LogP contribution in [-0.4, -0.2) is 62.2 Å². The van der Waals surface area contributed by atoms with Crippen LogP contribution in [0.15, 0.2) is 48.2 Å². The third-order valence-corrected chi connectivity index (χ3v) is 7.02. The summed E-state index contributed by atoms with van der Waals surface area (Å²) in [6.45, 7) is 8.39. The van der Waals surface area contributed by atoms with E-state index in [9.17, 15) is 14.7 Å². The Morgan fingerprint density at radius 2 is 1.85 bits per heavy atom. The van der Waals surface area contributed by atoms with Crippen molar-refractivity contribution in [3.05, 3.63) is 75.2 Å². The van der Waals surface area contributed by atoms with Gasteiger partial charge in [-0.15, -0.1) is 0 Å². The second-order valence-electron chi connectivity index (χ2n) is 8.17. The summed E-state index contributed by atoms with van der Waals surface area (Å²) in [7, 11) is 0. The fourth-order valence-corrected chi connectivity index (χ4v) is 4.76. The number of likely N-dealkylation sites (N-methyl/N-ethyl adjacent to an activating group) is 1. The zero-order valence-corrected chi connectivity index (χ0v) is 20.8.